The topological polar surface area (TPSA) is 22.1 Å². The van der Waals surface area contributed by atoms with Crippen LogP contribution in [-0.2, 0) is 5.41 Å². The van der Waals surface area contributed by atoms with Gasteiger partial charge in [0, 0.05) is 12.3 Å². The molecule has 2 nitrogen and oxygen atoms in total. The van der Waals surface area contributed by atoms with Gasteiger partial charge in [-0.25, -0.2) is 13.8 Å². The Balaban J connectivity index is 2.93. The van der Waals surface area contributed by atoms with Crippen molar-refractivity contribution in [1.29, 1.82) is 0 Å². The van der Waals surface area contributed by atoms with E-state index in [0.717, 1.165) is 11.6 Å². The molecular weight excluding hydrogens is 236 g/mol. The van der Waals surface area contributed by atoms with Crippen LogP contribution < -0.4 is 4.74 Å². The molecule has 0 atom stereocenters. The van der Waals surface area contributed by atoms with Crippen LogP contribution in [-0.4, -0.2) is 12.1 Å². The number of aromatic nitrogens is 1. The second-order valence-corrected chi connectivity index (χ2v) is 5.24. The third-order valence-corrected chi connectivity index (χ3v) is 2.87. The minimum absolute atomic E-state index is 0.176. The summed E-state index contributed by atoms with van der Waals surface area (Å²) in [5.74, 6) is -1.07. The third-order valence-electron chi connectivity index (χ3n) is 2.87. The molecule has 1 aromatic heterocycles. The van der Waals surface area contributed by atoms with E-state index >= 15 is 0 Å². The lowest BCUT2D eigenvalue weighted by Gasteiger charge is -2.21. The molecule has 0 amide bonds. The predicted molar refractivity (Wildman–Crippen MR) is 66.9 cm³/mol. The SMILES string of the molecule is COc1ncc(C(C)(C)C)c2cc(F)cc(F)c12. The smallest absolute Gasteiger partial charge is 0.224 e. The second kappa shape index (κ2) is 4.19. The second-order valence-electron chi connectivity index (χ2n) is 5.24. The predicted octanol–water partition coefficient (Wildman–Crippen LogP) is 3.82. The molecule has 2 aromatic rings. The Kier molecular flexibility index (Phi) is 2.97. The molecule has 0 spiro atoms. The maximum atomic E-state index is 13.9. The van der Waals surface area contributed by atoms with E-state index in [1.807, 2.05) is 20.8 Å². The molecule has 0 radical (unpaired) electrons. The number of halogens is 2. The fraction of sp³-hybridized carbons (Fsp3) is 0.357. The Bertz CT molecular complexity index is 603. The lowest BCUT2D eigenvalue weighted by atomic mass is 9.85. The van der Waals surface area contributed by atoms with Gasteiger partial charge >= 0.3 is 0 Å². The molecule has 18 heavy (non-hydrogen) atoms. The number of nitrogens with zero attached hydrogens (tertiary/aromatic N) is 1. The van der Waals surface area contributed by atoms with Crippen molar-refractivity contribution in [3.8, 4) is 5.88 Å². The number of methoxy groups -OCH3 is 1. The lowest BCUT2D eigenvalue weighted by Crippen LogP contribution is -2.13. The first-order valence-electron chi connectivity index (χ1n) is 5.67. The molecule has 0 aliphatic carbocycles. The highest BCUT2D eigenvalue weighted by molar-refractivity contribution is 5.90. The summed E-state index contributed by atoms with van der Waals surface area (Å²) in [6, 6.07) is 2.17. The molecule has 0 bridgehead atoms. The zero-order valence-electron chi connectivity index (χ0n) is 10.8. The van der Waals surface area contributed by atoms with Crippen LogP contribution in [0.3, 0.4) is 0 Å². The van der Waals surface area contributed by atoms with Gasteiger partial charge < -0.3 is 4.74 Å². The first kappa shape index (κ1) is 12.7. The molecule has 0 aliphatic heterocycles. The zero-order chi connectivity index (χ0) is 13.5. The van der Waals surface area contributed by atoms with Crippen LogP contribution in [0.5, 0.6) is 5.88 Å². The largest absolute Gasteiger partial charge is 0.480 e. The minimum Gasteiger partial charge on any atom is -0.480 e. The van der Waals surface area contributed by atoms with Gasteiger partial charge in [0.1, 0.15) is 11.6 Å². The Morgan fingerprint density at radius 1 is 1.17 bits per heavy atom. The number of pyridine rings is 1. The average Bonchev–Trinajstić information content (AvgIpc) is 2.25. The number of hydrogen-bond donors (Lipinski definition) is 0. The van der Waals surface area contributed by atoms with Crippen molar-refractivity contribution in [2.75, 3.05) is 7.11 Å². The van der Waals surface area contributed by atoms with Crippen molar-refractivity contribution >= 4 is 10.8 Å². The first-order valence-corrected chi connectivity index (χ1v) is 5.67. The normalized spacial score (nSPS) is 11.9. The van der Waals surface area contributed by atoms with Crippen molar-refractivity contribution in [3.63, 3.8) is 0 Å². The molecular formula is C14H15F2NO. The fourth-order valence-electron chi connectivity index (χ4n) is 2.01. The summed E-state index contributed by atoms with van der Waals surface area (Å²) in [6.07, 6.45) is 1.61. The van der Waals surface area contributed by atoms with Crippen LogP contribution in [0.2, 0.25) is 0 Å². The summed E-state index contributed by atoms with van der Waals surface area (Å²) in [5.41, 5.74) is 0.536. The van der Waals surface area contributed by atoms with E-state index in [4.69, 9.17) is 4.74 Å². The van der Waals surface area contributed by atoms with E-state index in [1.165, 1.54) is 13.2 Å². The molecule has 1 heterocycles. The molecule has 0 unspecified atom stereocenters. The van der Waals surface area contributed by atoms with Gasteiger partial charge in [-0.1, -0.05) is 20.8 Å². The van der Waals surface area contributed by atoms with Crippen molar-refractivity contribution in [2.24, 2.45) is 0 Å². The van der Waals surface area contributed by atoms with Crippen LogP contribution in [0.15, 0.2) is 18.3 Å². The van der Waals surface area contributed by atoms with E-state index < -0.39 is 11.6 Å². The Labute approximate surface area is 105 Å². The van der Waals surface area contributed by atoms with Gasteiger partial charge in [0.25, 0.3) is 0 Å². The van der Waals surface area contributed by atoms with Crippen LogP contribution in [0.4, 0.5) is 8.78 Å². The molecule has 0 saturated carbocycles. The number of fused-ring (bicyclic) bond motifs is 1. The molecule has 2 rings (SSSR count). The van der Waals surface area contributed by atoms with Gasteiger partial charge in [0.05, 0.1) is 12.5 Å². The molecule has 0 N–H and O–H groups in total. The highest BCUT2D eigenvalue weighted by Gasteiger charge is 2.21. The van der Waals surface area contributed by atoms with E-state index in [2.05, 4.69) is 4.98 Å². The molecule has 4 heteroatoms. The highest BCUT2D eigenvalue weighted by atomic mass is 19.1. The number of rotatable bonds is 1. The van der Waals surface area contributed by atoms with Gasteiger partial charge in [0.15, 0.2) is 0 Å². The van der Waals surface area contributed by atoms with E-state index in [0.29, 0.717) is 5.39 Å². The van der Waals surface area contributed by atoms with Gasteiger partial charge in [-0.05, 0) is 22.4 Å². The lowest BCUT2D eigenvalue weighted by molar-refractivity contribution is 0.400. The summed E-state index contributed by atoms with van der Waals surface area (Å²) in [5, 5.41) is 0.734. The Morgan fingerprint density at radius 2 is 1.83 bits per heavy atom. The summed E-state index contributed by atoms with van der Waals surface area (Å²) >= 11 is 0. The Morgan fingerprint density at radius 3 is 2.39 bits per heavy atom. The number of ether oxygens (including phenoxy) is 1. The quantitative estimate of drug-likeness (QED) is 0.768. The van der Waals surface area contributed by atoms with Crippen molar-refractivity contribution in [2.45, 2.75) is 26.2 Å². The number of benzene rings is 1. The van der Waals surface area contributed by atoms with Gasteiger partial charge in [-0.2, -0.15) is 0 Å². The van der Waals surface area contributed by atoms with E-state index in [-0.39, 0.29) is 16.7 Å². The third kappa shape index (κ3) is 2.03. The summed E-state index contributed by atoms with van der Waals surface area (Å²) in [7, 11) is 1.42. The highest BCUT2D eigenvalue weighted by Crippen LogP contribution is 2.35. The van der Waals surface area contributed by atoms with Crippen LogP contribution in [0.1, 0.15) is 26.3 Å². The summed E-state index contributed by atoms with van der Waals surface area (Å²) in [4.78, 5) is 4.10. The minimum atomic E-state index is -0.652. The van der Waals surface area contributed by atoms with Crippen LogP contribution in [0, 0.1) is 11.6 Å². The fourth-order valence-corrected chi connectivity index (χ4v) is 2.01. The van der Waals surface area contributed by atoms with Gasteiger partial charge in [0.2, 0.25) is 5.88 Å². The first-order chi connectivity index (χ1) is 8.34. The monoisotopic (exact) mass is 251 g/mol. The maximum absolute atomic E-state index is 13.9. The molecule has 1 aromatic carbocycles. The van der Waals surface area contributed by atoms with E-state index in [1.54, 1.807) is 6.20 Å². The van der Waals surface area contributed by atoms with Crippen LogP contribution >= 0.6 is 0 Å². The molecule has 0 aliphatic rings. The maximum Gasteiger partial charge on any atom is 0.224 e. The molecule has 0 fully saturated rings. The standard InChI is InChI=1S/C14H15F2NO/c1-14(2,3)10-7-17-13(18-4)12-9(10)5-8(15)6-11(12)16/h5-7H,1-4H3. The summed E-state index contributed by atoms with van der Waals surface area (Å²) in [6.45, 7) is 5.91. The molecule has 96 valence electrons. The van der Waals surface area contributed by atoms with Gasteiger partial charge in [-0.3, -0.25) is 0 Å². The number of hydrogen-bond acceptors (Lipinski definition) is 2. The van der Waals surface area contributed by atoms with Crippen molar-refractivity contribution < 1.29 is 13.5 Å². The zero-order valence-corrected chi connectivity index (χ0v) is 10.8. The average molecular weight is 251 g/mol. The Hall–Kier alpha value is -1.71. The van der Waals surface area contributed by atoms with Gasteiger partial charge in [-0.15, -0.1) is 0 Å². The van der Waals surface area contributed by atoms with E-state index in [9.17, 15) is 8.78 Å². The van der Waals surface area contributed by atoms with Crippen molar-refractivity contribution in [3.05, 3.63) is 35.5 Å². The summed E-state index contributed by atoms with van der Waals surface area (Å²) < 4.78 is 32.3. The van der Waals surface area contributed by atoms with Crippen molar-refractivity contribution in [1.82, 2.24) is 4.98 Å². The van der Waals surface area contributed by atoms with Crippen LogP contribution in [0.25, 0.3) is 10.8 Å². The molecule has 0 saturated heterocycles.